The molecule has 2 aromatic carbocycles. The van der Waals surface area contributed by atoms with E-state index in [-0.39, 0.29) is 11.7 Å². The van der Waals surface area contributed by atoms with Crippen LogP contribution in [0.2, 0.25) is 0 Å². The van der Waals surface area contributed by atoms with Crippen molar-refractivity contribution in [1.29, 1.82) is 0 Å². The maximum atomic E-state index is 12.6. The second-order valence-corrected chi connectivity index (χ2v) is 6.92. The number of rotatable bonds is 9. The van der Waals surface area contributed by atoms with Gasteiger partial charge in [0.15, 0.2) is 17.3 Å². The molecule has 6 heteroatoms. The number of nitrogens with zero attached hydrogens (tertiary/aromatic N) is 1. The summed E-state index contributed by atoms with van der Waals surface area (Å²) in [5.41, 5.74) is 1.68. The van der Waals surface area contributed by atoms with Crippen LogP contribution in [0.3, 0.4) is 0 Å². The summed E-state index contributed by atoms with van der Waals surface area (Å²) in [6, 6.07) is 12.9. The molecule has 0 fully saturated rings. The lowest BCUT2D eigenvalue weighted by molar-refractivity contribution is -0.131. The molecule has 0 atom stereocenters. The molecule has 1 amide bonds. The third-order valence-electron chi connectivity index (χ3n) is 4.78. The first-order valence-corrected chi connectivity index (χ1v) is 9.97. The van der Waals surface area contributed by atoms with Crippen LogP contribution in [0.5, 0.6) is 17.2 Å². The highest BCUT2D eigenvalue weighted by molar-refractivity contribution is 5.94. The van der Waals surface area contributed by atoms with Crippen molar-refractivity contribution in [3.8, 4) is 17.2 Å². The van der Waals surface area contributed by atoms with Gasteiger partial charge in [-0.25, -0.2) is 0 Å². The van der Waals surface area contributed by atoms with Crippen molar-refractivity contribution in [3.63, 3.8) is 0 Å². The number of carbonyl (C=O) groups is 2. The number of amides is 1. The van der Waals surface area contributed by atoms with E-state index in [0.717, 1.165) is 17.1 Å². The maximum absolute atomic E-state index is 12.6. The molecule has 0 bridgehead atoms. The topological polar surface area (TPSA) is 65.1 Å². The van der Waals surface area contributed by atoms with Crippen LogP contribution in [0, 0.1) is 0 Å². The molecule has 1 aliphatic heterocycles. The fraction of sp³-hybridized carbons (Fsp3) is 0.391. The van der Waals surface area contributed by atoms with Gasteiger partial charge in [0, 0.05) is 25.1 Å². The Morgan fingerprint density at radius 3 is 2.45 bits per heavy atom. The zero-order valence-electron chi connectivity index (χ0n) is 17.0. The molecule has 0 saturated carbocycles. The molecule has 0 unspecified atom stereocenters. The third-order valence-corrected chi connectivity index (χ3v) is 4.78. The normalized spacial score (nSPS) is 12.3. The van der Waals surface area contributed by atoms with Gasteiger partial charge < -0.3 is 19.1 Å². The van der Waals surface area contributed by atoms with Crippen LogP contribution >= 0.6 is 0 Å². The number of ether oxygens (including phenoxy) is 3. The molecule has 0 aliphatic carbocycles. The number of Topliss-reactive ketones (excluding diaryl/α,β-unsaturated/α-hetero) is 1. The average molecular weight is 397 g/mol. The molecule has 154 valence electrons. The van der Waals surface area contributed by atoms with Crippen molar-refractivity contribution in [1.82, 2.24) is 4.90 Å². The molecular weight excluding hydrogens is 370 g/mol. The van der Waals surface area contributed by atoms with Gasteiger partial charge in [0.2, 0.25) is 5.91 Å². The summed E-state index contributed by atoms with van der Waals surface area (Å²) >= 11 is 0. The minimum absolute atomic E-state index is 0.0276. The third kappa shape index (κ3) is 5.73. The van der Waals surface area contributed by atoms with Gasteiger partial charge in [-0.2, -0.15) is 0 Å². The molecule has 2 aromatic rings. The molecular formula is C23H27NO5. The van der Waals surface area contributed by atoms with E-state index in [4.69, 9.17) is 14.2 Å². The Morgan fingerprint density at radius 1 is 1.03 bits per heavy atom. The summed E-state index contributed by atoms with van der Waals surface area (Å²) in [4.78, 5) is 25.7. The standard InChI is InChI=1S/C23H27NO5/c1-3-24(16-18-6-11-21-22(15-18)29-14-13-28-21)23(26)5-4-12-27-20-9-7-19(8-10-20)17(2)25/h6-11,15H,3-5,12-14,16H2,1-2H3. The van der Waals surface area contributed by atoms with Gasteiger partial charge in [-0.1, -0.05) is 6.07 Å². The van der Waals surface area contributed by atoms with Gasteiger partial charge >= 0.3 is 0 Å². The molecule has 0 saturated heterocycles. The van der Waals surface area contributed by atoms with E-state index in [1.807, 2.05) is 30.0 Å². The Bertz CT molecular complexity index is 847. The van der Waals surface area contributed by atoms with E-state index in [2.05, 4.69) is 0 Å². The average Bonchev–Trinajstić information content (AvgIpc) is 2.75. The first kappa shape index (κ1) is 20.7. The Labute approximate surface area is 171 Å². The first-order valence-electron chi connectivity index (χ1n) is 9.97. The highest BCUT2D eigenvalue weighted by Crippen LogP contribution is 2.31. The summed E-state index contributed by atoms with van der Waals surface area (Å²) in [5.74, 6) is 2.31. The quantitative estimate of drug-likeness (QED) is 0.475. The van der Waals surface area contributed by atoms with Gasteiger partial charge in [0.1, 0.15) is 19.0 Å². The number of hydrogen-bond donors (Lipinski definition) is 0. The molecule has 0 N–H and O–H groups in total. The molecule has 6 nitrogen and oxygen atoms in total. The monoisotopic (exact) mass is 397 g/mol. The highest BCUT2D eigenvalue weighted by Gasteiger charge is 2.15. The zero-order chi connectivity index (χ0) is 20.6. The minimum atomic E-state index is 0.0276. The number of hydrogen-bond acceptors (Lipinski definition) is 5. The smallest absolute Gasteiger partial charge is 0.222 e. The van der Waals surface area contributed by atoms with Crippen molar-refractivity contribution >= 4 is 11.7 Å². The van der Waals surface area contributed by atoms with Gasteiger partial charge in [0.05, 0.1) is 6.61 Å². The lowest BCUT2D eigenvalue weighted by Crippen LogP contribution is -2.30. The van der Waals surface area contributed by atoms with Crippen LogP contribution < -0.4 is 14.2 Å². The molecule has 29 heavy (non-hydrogen) atoms. The van der Waals surface area contributed by atoms with E-state index in [0.29, 0.717) is 57.1 Å². The maximum Gasteiger partial charge on any atom is 0.222 e. The van der Waals surface area contributed by atoms with Crippen molar-refractivity contribution in [2.75, 3.05) is 26.4 Å². The van der Waals surface area contributed by atoms with Gasteiger partial charge in [0.25, 0.3) is 0 Å². The van der Waals surface area contributed by atoms with Crippen molar-refractivity contribution in [2.24, 2.45) is 0 Å². The fourth-order valence-corrected chi connectivity index (χ4v) is 3.14. The minimum Gasteiger partial charge on any atom is -0.494 e. The highest BCUT2D eigenvalue weighted by atomic mass is 16.6. The SMILES string of the molecule is CCN(Cc1ccc2c(c1)OCCO2)C(=O)CCCOc1ccc(C(C)=O)cc1. The predicted octanol–water partition coefficient (Wildman–Crippen LogP) is 3.87. The Balaban J connectivity index is 1.45. The second kappa shape index (κ2) is 9.96. The van der Waals surface area contributed by atoms with Crippen molar-refractivity contribution < 1.29 is 23.8 Å². The summed E-state index contributed by atoms with van der Waals surface area (Å²) < 4.78 is 16.8. The number of ketones is 1. The molecule has 1 aliphatic rings. The van der Waals surface area contributed by atoms with Crippen LogP contribution in [-0.4, -0.2) is 43.0 Å². The van der Waals surface area contributed by atoms with Crippen molar-refractivity contribution in [2.45, 2.75) is 33.2 Å². The van der Waals surface area contributed by atoms with E-state index in [1.165, 1.54) is 6.92 Å². The fourth-order valence-electron chi connectivity index (χ4n) is 3.14. The molecule has 0 aromatic heterocycles. The van der Waals surface area contributed by atoms with Crippen LogP contribution in [0.15, 0.2) is 42.5 Å². The van der Waals surface area contributed by atoms with Gasteiger partial charge in [-0.05, 0) is 62.2 Å². The zero-order valence-corrected chi connectivity index (χ0v) is 17.0. The summed E-state index contributed by atoms with van der Waals surface area (Å²) in [5, 5.41) is 0. The Morgan fingerprint density at radius 2 is 1.76 bits per heavy atom. The molecule has 3 rings (SSSR count). The molecule has 1 heterocycles. The van der Waals surface area contributed by atoms with Crippen LogP contribution in [0.1, 0.15) is 42.6 Å². The summed E-state index contributed by atoms with van der Waals surface area (Å²) in [6.45, 7) is 6.25. The van der Waals surface area contributed by atoms with Gasteiger partial charge in [-0.3, -0.25) is 9.59 Å². The second-order valence-electron chi connectivity index (χ2n) is 6.92. The van der Waals surface area contributed by atoms with E-state index in [1.54, 1.807) is 24.3 Å². The predicted molar refractivity (Wildman–Crippen MR) is 110 cm³/mol. The van der Waals surface area contributed by atoms with E-state index < -0.39 is 0 Å². The Hall–Kier alpha value is -3.02. The van der Waals surface area contributed by atoms with Gasteiger partial charge in [-0.15, -0.1) is 0 Å². The first-order chi connectivity index (χ1) is 14.1. The lowest BCUT2D eigenvalue weighted by Gasteiger charge is -2.23. The largest absolute Gasteiger partial charge is 0.494 e. The number of benzene rings is 2. The number of fused-ring (bicyclic) bond motifs is 1. The van der Waals surface area contributed by atoms with E-state index in [9.17, 15) is 9.59 Å². The van der Waals surface area contributed by atoms with Crippen LogP contribution in [-0.2, 0) is 11.3 Å². The summed E-state index contributed by atoms with van der Waals surface area (Å²) in [6.07, 6.45) is 1.05. The molecule has 0 spiro atoms. The number of carbonyl (C=O) groups excluding carboxylic acids is 2. The van der Waals surface area contributed by atoms with E-state index >= 15 is 0 Å². The summed E-state index contributed by atoms with van der Waals surface area (Å²) in [7, 11) is 0. The van der Waals surface area contributed by atoms with Crippen molar-refractivity contribution in [3.05, 3.63) is 53.6 Å². The lowest BCUT2D eigenvalue weighted by atomic mass is 10.1. The Kier molecular flexibility index (Phi) is 7.11. The van der Waals surface area contributed by atoms with Crippen LogP contribution in [0.25, 0.3) is 0 Å². The van der Waals surface area contributed by atoms with Crippen LogP contribution in [0.4, 0.5) is 0 Å². The molecule has 0 radical (unpaired) electrons.